The number of hydrogen-bond donors (Lipinski definition) is 2. The minimum absolute atomic E-state index is 0.00111. The molecule has 1 fully saturated rings. The van der Waals surface area contributed by atoms with Gasteiger partial charge in [-0.05, 0) is 20.0 Å². The first-order valence-electron chi connectivity index (χ1n) is 5.32. The molecule has 1 rings (SSSR count). The molecule has 1 heterocycles. The molecular formula is C10H26N2O. The Morgan fingerprint density at radius 2 is 1.69 bits per heavy atom. The van der Waals surface area contributed by atoms with E-state index < -0.39 is 0 Å². The minimum Gasteiger partial charge on any atom is -0.390 e. The summed E-state index contributed by atoms with van der Waals surface area (Å²) in [5, 5.41) is 9.18. The van der Waals surface area contributed by atoms with Gasteiger partial charge in [-0.3, -0.25) is 0 Å². The molecule has 0 spiro atoms. The summed E-state index contributed by atoms with van der Waals surface area (Å²) in [5.74, 6) is 0. The van der Waals surface area contributed by atoms with Crippen molar-refractivity contribution in [2.45, 2.75) is 46.3 Å². The van der Waals surface area contributed by atoms with E-state index in [0.29, 0.717) is 0 Å². The van der Waals surface area contributed by atoms with Gasteiger partial charge < -0.3 is 15.7 Å². The zero-order chi connectivity index (χ0) is 10.9. The summed E-state index contributed by atoms with van der Waals surface area (Å²) in [6.45, 7) is 9.74. The summed E-state index contributed by atoms with van der Waals surface area (Å²) in [6, 6.07) is 0.00111. The lowest BCUT2D eigenvalue weighted by molar-refractivity contribution is 0.0661. The summed E-state index contributed by atoms with van der Waals surface area (Å²) in [6.07, 6.45) is 0.598. The van der Waals surface area contributed by atoms with Crippen LogP contribution in [0, 0.1) is 0 Å². The zero-order valence-corrected chi connectivity index (χ0v) is 9.75. The number of piperidine rings is 1. The number of likely N-dealkylation sites (N-methyl/N-ethyl adjacent to an activating group) is 1. The smallest absolute Gasteiger partial charge is 0.0818 e. The molecule has 3 nitrogen and oxygen atoms in total. The van der Waals surface area contributed by atoms with E-state index in [1.165, 1.54) is 0 Å². The lowest BCUT2D eigenvalue weighted by Crippen LogP contribution is -2.49. The molecule has 1 aliphatic heterocycles. The Bertz CT molecular complexity index is 98.9. The van der Waals surface area contributed by atoms with Crippen LogP contribution >= 0.6 is 0 Å². The summed E-state index contributed by atoms with van der Waals surface area (Å²) in [7, 11) is 2.00. The third-order valence-corrected chi connectivity index (χ3v) is 1.84. The van der Waals surface area contributed by atoms with E-state index in [4.69, 9.17) is 5.73 Å². The Labute approximate surface area is 82.9 Å². The molecule has 0 aromatic carbocycles. The summed E-state index contributed by atoms with van der Waals surface area (Å²) < 4.78 is 0. The quantitative estimate of drug-likeness (QED) is 0.600. The van der Waals surface area contributed by atoms with Crippen molar-refractivity contribution in [2.75, 3.05) is 20.1 Å². The van der Waals surface area contributed by atoms with Crippen LogP contribution in [0.2, 0.25) is 0 Å². The van der Waals surface area contributed by atoms with E-state index >= 15 is 0 Å². The molecule has 1 saturated heterocycles. The highest BCUT2D eigenvalue weighted by Crippen LogP contribution is 2.05. The van der Waals surface area contributed by atoms with Crippen LogP contribution in [0.15, 0.2) is 0 Å². The maximum Gasteiger partial charge on any atom is 0.0818 e. The van der Waals surface area contributed by atoms with Crippen LogP contribution in [0.5, 0.6) is 0 Å². The average Bonchev–Trinajstić information content (AvgIpc) is 2.18. The molecule has 2 atom stereocenters. The highest BCUT2D eigenvalue weighted by molar-refractivity contribution is 4.80. The molecule has 0 aromatic heterocycles. The lowest BCUT2D eigenvalue weighted by atomic mass is 10.0. The van der Waals surface area contributed by atoms with E-state index in [9.17, 15) is 5.11 Å². The van der Waals surface area contributed by atoms with Crippen molar-refractivity contribution in [2.24, 2.45) is 5.73 Å². The van der Waals surface area contributed by atoms with E-state index in [1.54, 1.807) is 0 Å². The lowest BCUT2D eigenvalue weighted by Gasteiger charge is -2.31. The highest BCUT2D eigenvalue weighted by Gasteiger charge is 2.21. The van der Waals surface area contributed by atoms with Gasteiger partial charge in [-0.2, -0.15) is 0 Å². The summed E-state index contributed by atoms with van der Waals surface area (Å²) in [5.41, 5.74) is 5.56. The largest absolute Gasteiger partial charge is 0.390 e. The Kier molecular flexibility index (Phi) is 11.8. The van der Waals surface area contributed by atoms with Crippen molar-refractivity contribution in [3.63, 3.8) is 0 Å². The summed E-state index contributed by atoms with van der Waals surface area (Å²) in [4.78, 5) is 2.09. The van der Waals surface area contributed by atoms with Crippen LogP contribution < -0.4 is 5.73 Å². The number of hydrogen-bond acceptors (Lipinski definition) is 3. The molecule has 0 saturated carbocycles. The Morgan fingerprint density at radius 3 is 2.00 bits per heavy atom. The van der Waals surface area contributed by atoms with Crippen LogP contribution in [-0.2, 0) is 0 Å². The van der Waals surface area contributed by atoms with Gasteiger partial charge in [0.25, 0.3) is 0 Å². The van der Waals surface area contributed by atoms with Crippen LogP contribution in [0.25, 0.3) is 0 Å². The number of β-amino-alcohol motifs (C(OH)–C–C–N with tert-alkyl or cyclic N) is 1. The van der Waals surface area contributed by atoms with Crippen molar-refractivity contribution in [1.82, 2.24) is 4.90 Å². The van der Waals surface area contributed by atoms with E-state index in [0.717, 1.165) is 19.5 Å². The number of likely N-dealkylation sites (tertiary alicyclic amines) is 1. The predicted octanol–water partition coefficient (Wildman–Crippen LogP) is 1.06. The first-order valence-corrected chi connectivity index (χ1v) is 5.32. The van der Waals surface area contributed by atoms with Crippen molar-refractivity contribution in [1.29, 1.82) is 0 Å². The molecule has 0 aromatic rings. The van der Waals surface area contributed by atoms with Gasteiger partial charge >= 0.3 is 0 Å². The van der Waals surface area contributed by atoms with Gasteiger partial charge in [-0.1, -0.05) is 27.7 Å². The number of rotatable bonds is 0. The second-order valence-corrected chi connectivity index (χ2v) is 2.78. The van der Waals surface area contributed by atoms with Crippen LogP contribution in [-0.4, -0.2) is 42.3 Å². The second kappa shape index (κ2) is 9.96. The van der Waals surface area contributed by atoms with Gasteiger partial charge in [0.05, 0.1) is 6.10 Å². The van der Waals surface area contributed by atoms with Crippen LogP contribution in [0.3, 0.4) is 0 Å². The molecule has 13 heavy (non-hydrogen) atoms. The molecule has 3 N–H and O–H groups in total. The predicted molar refractivity (Wildman–Crippen MR) is 58.8 cm³/mol. The molecule has 1 aliphatic rings. The maximum absolute atomic E-state index is 9.18. The third kappa shape index (κ3) is 6.99. The number of aliphatic hydroxyl groups excluding tert-OH is 1. The average molecular weight is 190 g/mol. The molecule has 0 amide bonds. The Hall–Kier alpha value is -0.120. The molecule has 0 unspecified atom stereocenters. The van der Waals surface area contributed by atoms with Crippen LogP contribution in [0.1, 0.15) is 34.1 Å². The third-order valence-electron chi connectivity index (χ3n) is 1.84. The van der Waals surface area contributed by atoms with Crippen molar-refractivity contribution in [3.05, 3.63) is 0 Å². The number of aliphatic hydroxyl groups is 1. The van der Waals surface area contributed by atoms with Crippen molar-refractivity contribution >= 4 is 0 Å². The minimum atomic E-state index is -0.316. The fourth-order valence-corrected chi connectivity index (χ4v) is 1.11. The molecular weight excluding hydrogens is 164 g/mol. The molecule has 0 aliphatic carbocycles. The summed E-state index contributed by atoms with van der Waals surface area (Å²) >= 11 is 0. The zero-order valence-electron chi connectivity index (χ0n) is 9.75. The standard InChI is InChI=1S/C6H14N2O.2C2H6/c1-8-3-2-5(7)6(9)4-8;2*1-2/h5-6,9H,2-4,7H2,1H3;2*1-2H3/t5-,6-;;/m1../s1. The Morgan fingerprint density at radius 1 is 1.23 bits per heavy atom. The second-order valence-electron chi connectivity index (χ2n) is 2.78. The van der Waals surface area contributed by atoms with E-state index in [2.05, 4.69) is 4.90 Å². The highest BCUT2D eigenvalue weighted by atomic mass is 16.3. The molecule has 3 heteroatoms. The van der Waals surface area contributed by atoms with Crippen molar-refractivity contribution in [3.8, 4) is 0 Å². The van der Waals surface area contributed by atoms with E-state index in [1.807, 2.05) is 34.7 Å². The van der Waals surface area contributed by atoms with Gasteiger partial charge in [0.15, 0.2) is 0 Å². The molecule has 0 bridgehead atoms. The van der Waals surface area contributed by atoms with Gasteiger partial charge in [0, 0.05) is 12.6 Å². The molecule has 0 radical (unpaired) electrons. The van der Waals surface area contributed by atoms with E-state index in [-0.39, 0.29) is 12.1 Å². The fourth-order valence-electron chi connectivity index (χ4n) is 1.11. The van der Waals surface area contributed by atoms with Crippen molar-refractivity contribution < 1.29 is 5.11 Å². The normalized spacial score (nSPS) is 27.9. The first kappa shape index (κ1) is 15.4. The Balaban J connectivity index is 0. The monoisotopic (exact) mass is 190 g/mol. The van der Waals surface area contributed by atoms with Gasteiger partial charge in [0.2, 0.25) is 0 Å². The van der Waals surface area contributed by atoms with Gasteiger partial charge in [0.1, 0.15) is 0 Å². The fraction of sp³-hybridized carbons (Fsp3) is 1.00. The van der Waals surface area contributed by atoms with Gasteiger partial charge in [-0.25, -0.2) is 0 Å². The SMILES string of the molecule is CC.CC.CN1CC[C@@H](N)[C@H](O)C1. The van der Waals surface area contributed by atoms with Gasteiger partial charge in [-0.15, -0.1) is 0 Å². The number of nitrogens with two attached hydrogens (primary N) is 1. The maximum atomic E-state index is 9.18. The first-order chi connectivity index (χ1) is 6.20. The number of nitrogens with zero attached hydrogens (tertiary/aromatic N) is 1. The topological polar surface area (TPSA) is 49.5 Å². The van der Waals surface area contributed by atoms with Crippen LogP contribution in [0.4, 0.5) is 0 Å². The molecule has 82 valence electrons.